The number of piperidine rings is 1. The third-order valence-corrected chi connectivity index (χ3v) is 6.26. The number of fused-ring (bicyclic) bond motifs is 3. The molecule has 30 heavy (non-hydrogen) atoms. The number of H-pyrrole nitrogens is 1. The summed E-state index contributed by atoms with van der Waals surface area (Å²) in [6, 6.07) is 11.3. The van der Waals surface area contributed by atoms with Crippen molar-refractivity contribution in [1.29, 1.82) is 0 Å². The molecule has 8 heteroatoms. The molecule has 3 N–H and O–H groups in total. The van der Waals surface area contributed by atoms with Gasteiger partial charge in [0.15, 0.2) is 0 Å². The highest BCUT2D eigenvalue weighted by Gasteiger charge is 2.44. The third kappa shape index (κ3) is 2.88. The highest BCUT2D eigenvalue weighted by Crippen LogP contribution is 2.35. The zero-order valence-corrected chi connectivity index (χ0v) is 16.4. The normalized spacial score (nSPS) is 21.0. The van der Waals surface area contributed by atoms with Crippen LogP contribution in [0.25, 0.3) is 22.3 Å². The molecule has 0 aliphatic carbocycles. The van der Waals surface area contributed by atoms with Crippen molar-refractivity contribution in [3.63, 3.8) is 0 Å². The lowest BCUT2D eigenvalue weighted by atomic mass is 9.87. The lowest BCUT2D eigenvalue weighted by Gasteiger charge is -2.56. The Morgan fingerprint density at radius 2 is 1.87 bits per heavy atom. The number of nitrogens with one attached hydrogen (secondary N) is 1. The van der Waals surface area contributed by atoms with Crippen molar-refractivity contribution in [3.05, 3.63) is 60.8 Å². The topological polar surface area (TPSA) is 99.8 Å². The second-order valence-electron chi connectivity index (χ2n) is 8.08. The van der Waals surface area contributed by atoms with Crippen LogP contribution in [0.4, 0.5) is 11.6 Å². The molecule has 3 aliphatic rings. The molecule has 0 amide bonds. The molecule has 0 aromatic carbocycles. The molecular formula is C22H22N8. The Morgan fingerprint density at radius 1 is 0.967 bits per heavy atom. The number of aromatic nitrogens is 5. The second kappa shape index (κ2) is 6.77. The number of anilines is 2. The minimum Gasteiger partial charge on any atom is -0.384 e. The van der Waals surface area contributed by atoms with Crippen LogP contribution in [0.3, 0.4) is 0 Å². The lowest BCUT2D eigenvalue weighted by molar-refractivity contribution is -0.00874. The maximum Gasteiger partial charge on any atom is 0.141 e. The molecule has 0 radical (unpaired) electrons. The summed E-state index contributed by atoms with van der Waals surface area (Å²) in [6.07, 6.45) is 8.53. The van der Waals surface area contributed by atoms with Crippen LogP contribution in [0.2, 0.25) is 0 Å². The molecule has 150 valence electrons. The van der Waals surface area contributed by atoms with Crippen LogP contribution in [-0.4, -0.2) is 55.0 Å². The van der Waals surface area contributed by atoms with Gasteiger partial charge in [-0.2, -0.15) is 0 Å². The average molecular weight is 398 g/mol. The van der Waals surface area contributed by atoms with E-state index >= 15 is 0 Å². The van der Waals surface area contributed by atoms with Gasteiger partial charge in [-0.3, -0.25) is 4.90 Å². The van der Waals surface area contributed by atoms with Gasteiger partial charge in [-0.25, -0.2) is 19.9 Å². The van der Waals surface area contributed by atoms with Crippen LogP contribution in [0.1, 0.15) is 12.0 Å². The summed E-state index contributed by atoms with van der Waals surface area (Å²) < 4.78 is 0. The van der Waals surface area contributed by atoms with Crippen molar-refractivity contribution in [2.75, 3.05) is 23.7 Å². The Hall–Kier alpha value is -3.52. The predicted octanol–water partition coefficient (Wildman–Crippen LogP) is 2.46. The average Bonchev–Trinajstić information content (AvgIpc) is 3.28. The van der Waals surface area contributed by atoms with Gasteiger partial charge in [0.1, 0.15) is 23.6 Å². The monoisotopic (exact) mass is 398 g/mol. The third-order valence-electron chi connectivity index (χ3n) is 6.26. The molecule has 4 aromatic heterocycles. The fourth-order valence-corrected chi connectivity index (χ4v) is 4.69. The minimum absolute atomic E-state index is 0.559. The van der Waals surface area contributed by atoms with Crippen molar-refractivity contribution in [2.24, 2.45) is 0 Å². The van der Waals surface area contributed by atoms with Crippen molar-refractivity contribution in [2.45, 2.75) is 25.0 Å². The molecule has 0 saturated carbocycles. The fourth-order valence-electron chi connectivity index (χ4n) is 4.69. The van der Waals surface area contributed by atoms with Gasteiger partial charge in [-0.15, -0.1) is 0 Å². The van der Waals surface area contributed by atoms with Crippen LogP contribution in [-0.2, 0) is 6.54 Å². The van der Waals surface area contributed by atoms with E-state index in [4.69, 9.17) is 10.7 Å². The zero-order valence-electron chi connectivity index (χ0n) is 16.4. The van der Waals surface area contributed by atoms with Crippen molar-refractivity contribution in [3.8, 4) is 11.3 Å². The van der Waals surface area contributed by atoms with E-state index in [9.17, 15) is 0 Å². The van der Waals surface area contributed by atoms with Crippen LogP contribution in [0, 0.1) is 0 Å². The van der Waals surface area contributed by atoms with E-state index in [1.807, 2.05) is 30.7 Å². The van der Waals surface area contributed by atoms with Crippen molar-refractivity contribution >= 4 is 22.7 Å². The number of nitrogens with two attached hydrogens (primary N) is 1. The number of nitrogens with zero attached hydrogens (tertiary/aromatic N) is 6. The standard InChI is InChI=1S/C22H22N8/c23-19-3-1-14(8-25-19)10-30-16-7-17(30)12-29(11-16)20-4-2-15(9-26-20)21-18-5-6-24-22(18)28-13-27-21/h1-6,8-9,13,16-17H,7,10-12H2,(H2,23,25)(H,24,27,28). The van der Waals surface area contributed by atoms with Crippen LogP contribution in [0.15, 0.2) is 55.2 Å². The van der Waals surface area contributed by atoms with Gasteiger partial charge in [0.25, 0.3) is 0 Å². The van der Waals surface area contributed by atoms with Crippen LogP contribution >= 0.6 is 0 Å². The van der Waals surface area contributed by atoms with E-state index < -0.39 is 0 Å². The number of piperazine rings is 1. The van der Waals surface area contributed by atoms with Gasteiger partial charge in [-0.1, -0.05) is 6.07 Å². The first kappa shape index (κ1) is 17.3. The number of hydrogen-bond acceptors (Lipinski definition) is 7. The highest BCUT2D eigenvalue weighted by atomic mass is 15.4. The van der Waals surface area contributed by atoms with Crippen LogP contribution in [0.5, 0.6) is 0 Å². The first-order chi connectivity index (χ1) is 14.7. The van der Waals surface area contributed by atoms with E-state index in [1.54, 1.807) is 6.33 Å². The van der Waals surface area contributed by atoms with Crippen LogP contribution < -0.4 is 10.6 Å². The van der Waals surface area contributed by atoms with E-state index in [2.05, 4.69) is 47.9 Å². The van der Waals surface area contributed by atoms with Gasteiger partial charge in [0, 0.05) is 61.3 Å². The van der Waals surface area contributed by atoms with E-state index in [-0.39, 0.29) is 0 Å². The van der Waals surface area contributed by atoms with E-state index in [0.29, 0.717) is 17.9 Å². The lowest BCUT2D eigenvalue weighted by Crippen LogP contribution is -2.68. The number of rotatable bonds is 4. The highest BCUT2D eigenvalue weighted by molar-refractivity contribution is 5.90. The summed E-state index contributed by atoms with van der Waals surface area (Å²) in [6.45, 7) is 2.94. The zero-order chi connectivity index (χ0) is 20.1. The molecule has 3 saturated heterocycles. The molecule has 7 rings (SSSR count). The Balaban J connectivity index is 1.16. The van der Waals surface area contributed by atoms with Gasteiger partial charge in [0.05, 0.1) is 5.69 Å². The smallest absolute Gasteiger partial charge is 0.141 e. The Bertz CT molecular complexity index is 1170. The molecule has 3 fully saturated rings. The largest absolute Gasteiger partial charge is 0.384 e. The predicted molar refractivity (Wildman–Crippen MR) is 116 cm³/mol. The molecule has 2 unspecified atom stereocenters. The Kier molecular flexibility index (Phi) is 3.92. The molecule has 4 aromatic rings. The summed E-state index contributed by atoms with van der Waals surface area (Å²) in [5.41, 5.74) is 9.68. The summed E-state index contributed by atoms with van der Waals surface area (Å²) >= 11 is 0. The number of hydrogen-bond donors (Lipinski definition) is 2. The molecule has 2 bridgehead atoms. The maximum atomic E-state index is 5.70. The maximum absolute atomic E-state index is 5.70. The van der Waals surface area contributed by atoms with Gasteiger partial charge in [0.2, 0.25) is 0 Å². The molecule has 7 heterocycles. The van der Waals surface area contributed by atoms with E-state index in [1.165, 1.54) is 12.0 Å². The minimum atomic E-state index is 0.559. The summed E-state index contributed by atoms with van der Waals surface area (Å²) in [5, 5.41) is 1.01. The molecule has 0 spiro atoms. The first-order valence-corrected chi connectivity index (χ1v) is 10.2. The first-order valence-electron chi connectivity index (χ1n) is 10.2. The molecule has 2 atom stereocenters. The Labute approximate surface area is 173 Å². The molecule has 3 aliphatic heterocycles. The second-order valence-corrected chi connectivity index (χ2v) is 8.08. The summed E-state index contributed by atoms with van der Waals surface area (Å²) in [7, 11) is 0. The summed E-state index contributed by atoms with van der Waals surface area (Å²) in [4.78, 5) is 25.8. The summed E-state index contributed by atoms with van der Waals surface area (Å²) in [5.74, 6) is 1.60. The number of pyridine rings is 2. The SMILES string of the molecule is Nc1ccc(CN2C3CC2CN(c2ccc(-c4ncnc5[nH]ccc45)cn2)C3)cn1. The van der Waals surface area contributed by atoms with Gasteiger partial charge >= 0.3 is 0 Å². The number of aromatic amines is 1. The number of nitrogen functional groups attached to an aromatic ring is 1. The van der Waals surface area contributed by atoms with E-state index in [0.717, 1.165) is 47.7 Å². The van der Waals surface area contributed by atoms with Gasteiger partial charge < -0.3 is 15.6 Å². The van der Waals surface area contributed by atoms with Crippen molar-refractivity contribution in [1.82, 2.24) is 29.8 Å². The molecular weight excluding hydrogens is 376 g/mol. The molecule has 8 nitrogen and oxygen atoms in total. The quantitative estimate of drug-likeness (QED) is 0.545. The Morgan fingerprint density at radius 3 is 2.63 bits per heavy atom. The fraction of sp³-hybridized carbons (Fsp3) is 0.273. The van der Waals surface area contributed by atoms with Crippen molar-refractivity contribution < 1.29 is 0 Å². The van der Waals surface area contributed by atoms with Gasteiger partial charge in [-0.05, 0) is 36.2 Å².